The SMILES string of the molecule is Clc1ncc(CSc2ccccc2Cl)s1. The Morgan fingerprint density at radius 3 is 2.73 bits per heavy atom. The van der Waals surface area contributed by atoms with Crippen LogP contribution in [-0.2, 0) is 5.75 Å². The first kappa shape index (κ1) is 11.3. The zero-order valence-electron chi connectivity index (χ0n) is 7.61. The Morgan fingerprint density at radius 1 is 1.27 bits per heavy atom. The smallest absolute Gasteiger partial charge is 0.183 e. The molecule has 0 aliphatic heterocycles. The van der Waals surface area contributed by atoms with Gasteiger partial charge in [-0.25, -0.2) is 4.98 Å². The van der Waals surface area contributed by atoms with Gasteiger partial charge in [0.25, 0.3) is 0 Å². The normalized spacial score (nSPS) is 10.5. The Morgan fingerprint density at radius 2 is 2.07 bits per heavy atom. The summed E-state index contributed by atoms with van der Waals surface area (Å²) in [6.07, 6.45) is 1.80. The van der Waals surface area contributed by atoms with Crippen LogP contribution in [0, 0.1) is 0 Å². The average molecular weight is 276 g/mol. The topological polar surface area (TPSA) is 12.9 Å². The lowest BCUT2D eigenvalue weighted by Gasteiger charge is -2.01. The van der Waals surface area contributed by atoms with Crippen molar-refractivity contribution in [1.82, 2.24) is 4.98 Å². The summed E-state index contributed by atoms with van der Waals surface area (Å²) in [4.78, 5) is 6.23. The van der Waals surface area contributed by atoms with E-state index in [1.165, 1.54) is 11.3 Å². The van der Waals surface area contributed by atoms with Gasteiger partial charge in [-0.15, -0.1) is 23.1 Å². The molecular formula is C10H7Cl2NS2. The molecule has 0 saturated carbocycles. The molecule has 2 rings (SSSR count). The van der Waals surface area contributed by atoms with Gasteiger partial charge in [0, 0.05) is 21.7 Å². The first-order valence-electron chi connectivity index (χ1n) is 4.23. The van der Waals surface area contributed by atoms with Crippen LogP contribution in [-0.4, -0.2) is 4.98 Å². The second-order valence-corrected chi connectivity index (χ2v) is 5.92. The van der Waals surface area contributed by atoms with Crippen LogP contribution in [0.2, 0.25) is 9.49 Å². The summed E-state index contributed by atoms with van der Waals surface area (Å²) in [5.41, 5.74) is 0. The van der Waals surface area contributed by atoms with Crippen LogP contribution in [0.5, 0.6) is 0 Å². The lowest BCUT2D eigenvalue weighted by Crippen LogP contribution is -1.76. The number of hydrogen-bond acceptors (Lipinski definition) is 3. The van der Waals surface area contributed by atoms with Crippen LogP contribution < -0.4 is 0 Å². The maximum atomic E-state index is 6.04. The third-order valence-corrected chi connectivity index (χ3v) is 4.59. The highest BCUT2D eigenvalue weighted by atomic mass is 35.5. The Labute approximate surface area is 106 Å². The van der Waals surface area contributed by atoms with E-state index in [4.69, 9.17) is 23.2 Å². The van der Waals surface area contributed by atoms with Gasteiger partial charge in [0.1, 0.15) is 0 Å². The van der Waals surface area contributed by atoms with Crippen LogP contribution >= 0.6 is 46.3 Å². The van der Waals surface area contributed by atoms with Gasteiger partial charge in [0.2, 0.25) is 0 Å². The Bertz CT molecular complexity index is 456. The summed E-state index contributed by atoms with van der Waals surface area (Å²) in [5.74, 6) is 0.855. The van der Waals surface area contributed by atoms with Crippen LogP contribution in [0.15, 0.2) is 35.4 Å². The summed E-state index contributed by atoms with van der Waals surface area (Å²) in [5, 5.41) is 0.790. The van der Waals surface area contributed by atoms with Crippen molar-refractivity contribution in [2.45, 2.75) is 10.6 Å². The predicted molar refractivity (Wildman–Crippen MR) is 68.1 cm³/mol. The molecule has 0 saturated heterocycles. The van der Waals surface area contributed by atoms with Crippen molar-refractivity contribution in [3.05, 3.63) is 44.8 Å². The molecule has 0 bridgehead atoms. The highest BCUT2D eigenvalue weighted by molar-refractivity contribution is 7.98. The molecule has 0 radical (unpaired) electrons. The van der Waals surface area contributed by atoms with E-state index < -0.39 is 0 Å². The van der Waals surface area contributed by atoms with Crippen LogP contribution in [0.4, 0.5) is 0 Å². The summed E-state index contributed by atoms with van der Waals surface area (Å²) in [6.45, 7) is 0. The van der Waals surface area contributed by atoms with E-state index in [2.05, 4.69) is 4.98 Å². The first-order chi connectivity index (χ1) is 7.25. The van der Waals surface area contributed by atoms with Gasteiger partial charge in [0.05, 0.1) is 5.02 Å². The van der Waals surface area contributed by atoms with E-state index in [1.54, 1.807) is 18.0 Å². The fourth-order valence-corrected chi connectivity index (χ4v) is 3.30. The van der Waals surface area contributed by atoms with Gasteiger partial charge in [-0.1, -0.05) is 35.3 Å². The molecule has 0 aliphatic carbocycles. The minimum Gasteiger partial charge on any atom is -0.233 e. The molecule has 1 nitrogen and oxygen atoms in total. The maximum absolute atomic E-state index is 6.04. The van der Waals surface area contributed by atoms with E-state index in [-0.39, 0.29) is 0 Å². The summed E-state index contributed by atoms with van der Waals surface area (Å²) >= 11 is 15.0. The number of nitrogens with zero attached hydrogens (tertiary/aromatic N) is 1. The average Bonchev–Trinajstić information content (AvgIpc) is 2.63. The lowest BCUT2D eigenvalue weighted by atomic mass is 10.4. The fraction of sp³-hybridized carbons (Fsp3) is 0.100. The molecular weight excluding hydrogens is 269 g/mol. The standard InChI is InChI=1S/C10H7Cl2NS2/c11-8-3-1-2-4-9(8)14-6-7-5-13-10(12)15-7/h1-5H,6H2. The van der Waals surface area contributed by atoms with Gasteiger partial charge < -0.3 is 0 Å². The number of hydrogen-bond donors (Lipinski definition) is 0. The van der Waals surface area contributed by atoms with Crippen LogP contribution in [0.25, 0.3) is 0 Å². The molecule has 0 N–H and O–H groups in total. The van der Waals surface area contributed by atoms with Gasteiger partial charge in [-0.2, -0.15) is 0 Å². The quantitative estimate of drug-likeness (QED) is 0.751. The number of aromatic nitrogens is 1. The van der Waals surface area contributed by atoms with E-state index in [1.807, 2.05) is 24.3 Å². The van der Waals surface area contributed by atoms with Crippen molar-refractivity contribution in [2.24, 2.45) is 0 Å². The largest absolute Gasteiger partial charge is 0.233 e. The molecule has 2 aromatic rings. The zero-order valence-corrected chi connectivity index (χ0v) is 10.8. The monoisotopic (exact) mass is 275 g/mol. The number of rotatable bonds is 3. The van der Waals surface area contributed by atoms with E-state index >= 15 is 0 Å². The zero-order chi connectivity index (χ0) is 10.7. The second kappa shape index (κ2) is 5.21. The van der Waals surface area contributed by atoms with Crippen molar-refractivity contribution < 1.29 is 0 Å². The molecule has 78 valence electrons. The molecule has 1 heterocycles. The van der Waals surface area contributed by atoms with Crippen molar-refractivity contribution in [1.29, 1.82) is 0 Å². The molecule has 0 atom stereocenters. The van der Waals surface area contributed by atoms with Gasteiger partial charge >= 0.3 is 0 Å². The third kappa shape index (κ3) is 3.11. The molecule has 15 heavy (non-hydrogen) atoms. The van der Waals surface area contributed by atoms with Gasteiger partial charge in [0.15, 0.2) is 4.47 Å². The molecule has 0 unspecified atom stereocenters. The van der Waals surface area contributed by atoms with Crippen molar-refractivity contribution >= 4 is 46.3 Å². The highest BCUT2D eigenvalue weighted by Gasteiger charge is 2.03. The summed E-state index contributed by atoms with van der Waals surface area (Å²) in [6, 6.07) is 7.81. The predicted octanol–water partition coefficient (Wildman–Crippen LogP) is 4.74. The molecule has 0 spiro atoms. The minimum atomic E-state index is 0.588. The second-order valence-electron chi connectivity index (χ2n) is 2.80. The molecule has 0 amide bonds. The fourth-order valence-electron chi connectivity index (χ4n) is 1.06. The number of thioether (sulfide) groups is 1. The van der Waals surface area contributed by atoms with E-state index in [9.17, 15) is 0 Å². The maximum Gasteiger partial charge on any atom is 0.183 e. The minimum absolute atomic E-state index is 0.588. The van der Waals surface area contributed by atoms with Gasteiger partial charge in [-0.3, -0.25) is 0 Å². The molecule has 1 aromatic heterocycles. The van der Waals surface area contributed by atoms with Gasteiger partial charge in [-0.05, 0) is 12.1 Å². The van der Waals surface area contributed by atoms with E-state index in [0.717, 1.165) is 20.5 Å². The summed E-state index contributed by atoms with van der Waals surface area (Å²) < 4.78 is 0.588. The molecule has 5 heteroatoms. The Balaban J connectivity index is 2.02. The van der Waals surface area contributed by atoms with E-state index in [0.29, 0.717) is 4.47 Å². The molecule has 1 aromatic carbocycles. The third-order valence-electron chi connectivity index (χ3n) is 1.73. The Hall–Kier alpha value is -0.220. The van der Waals surface area contributed by atoms with Crippen LogP contribution in [0.3, 0.4) is 0 Å². The lowest BCUT2D eigenvalue weighted by molar-refractivity contribution is 1.36. The first-order valence-corrected chi connectivity index (χ1v) is 6.79. The Kier molecular flexibility index (Phi) is 3.92. The van der Waals surface area contributed by atoms with Crippen LogP contribution in [0.1, 0.15) is 4.88 Å². The number of thiazole rings is 1. The van der Waals surface area contributed by atoms with Crippen molar-refractivity contribution in [3.8, 4) is 0 Å². The molecule has 0 aliphatic rings. The summed E-state index contributed by atoms with van der Waals surface area (Å²) in [7, 11) is 0. The number of halogens is 2. The highest BCUT2D eigenvalue weighted by Crippen LogP contribution is 2.31. The van der Waals surface area contributed by atoms with Crippen molar-refractivity contribution in [3.63, 3.8) is 0 Å². The number of benzene rings is 1. The molecule has 0 fully saturated rings. The van der Waals surface area contributed by atoms with Crippen molar-refractivity contribution in [2.75, 3.05) is 0 Å².